The second kappa shape index (κ2) is 7.27. The van der Waals surface area contributed by atoms with Crippen molar-refractivity contribution < 1.29 is 4.79 Å². The Morgan fingerprint density at radius 2 is 1.71 bits per heavy atom. The Balaban J connectivity index is 1.74. The number of carbonyl (C=O) groups is 1. The highest BCUT2D eigenvalue weighted by Crippen LogP contribution is 2.21. The summed E-state index contributed by atoms with van der Waals surface area (Å²) in [5, 5.41) is 6.11. The molecule has 5 heteroatoms. The van der Waals surface area contributed by atoms with Crippen LogP contribution in [0.3, 0.4) is 0 Å². The van der Waals surface area contributed by atoms with Crippen LogP contribution in [0.15, 0.2) is 71.3 Å². The molecule has 0 atom stereocenters. The summed E-state index contributed by atoms with van der Waals surface area (Å²) in [5.74, 6) is -0.239. The van der Waals surface area contributed by atoms with Crippen LogP contribution in [0.4, 0.5) is 17.1 Å². The maximum atomic E-state index is 12.3. The van der Waals surface area contributed by atoms with Crippen LogP contribution >= 0.6 is 15.9 Å². The van der Waals surface area contributed by atoms with E-state index in [1.807, 2.05) is 61.5 Å². The molecule has 0 unspecified atom stereocenters. The molecule has 0 saturated heterocycles. The first-order valence-corrected chi connectivity index (χ1v) is 8.26. The highest BCUT2D eigenvalue weighted by molar-refractivity contribution is 9.10. The Hall–Kier alpha value is -2.66. The van der Waals surface area contributed by atoms with E-state index in [4.69, 9.17) is 0 Å². The van der Waals surface area contributed by atoms with Crippen molar-refractivity contribution in [3.8, 4) is 0 Å². The summed E-state index contributed by atoms with van der Waals surface area (Å²) in [6.45, 7) is 2.00. The standard InChI is InChI=1S/C19H16BrN3O/c1-13-5-7-15(8-6-13)23-19(24)18-12-17(9-10-21-18)22-16-4-2-3-14(20)11-16/h2-12H,1H3,(H,21,22)(H,23,24). The highest BCUT2D eigenvalue weighted by atomic mass is 79.9. The van der Waals surface area contributed by atoms with Crippen molar-refractivity contribution in [1.29, 1.82) is 0 Å². The Kier molecular flexibility index (Phi) is 4.91. The summed E-state index contributed by atoms with van der Waals surface area (Å²) >= 11 is 3.44. The number of anilines is 3. The summed E-state index contributed by atoms with van der Waals surface area (Å²) in [6.07, 6.45) is 1.62. The molecule has 1 aromatic heterocycles. The van der Waals surface area contributed by atoms with E-state index in [1.54, 1.807) is 12.3 Å². The Morgan fingerprint density at radius 1 is 0.958 bits per heavy atom. The summed E-state index contributed by atoms with van der Waals surface area (Å²) < 4.78 is 0.985. The zero-order valence-corrected chi connectivity index (χ0v) is 14.7. The fourth-order valence-corrected chi connectivity index (χ4v) is 2.60. The molecular formula is C19H16BrN3O. The highest BCUT2D eigenvalue weighted by Gasteiger charge is 2.08. The zero-order chi connectivity index (χ0) is 16.9. The largest absolute Gasteiger partial charge is 0.355 e. The fourth-order valence-electron chi connectivity index (χ4n) is 2.20. The van der Waals surface area contributed by atoms with Gasteiger partial charge in [0.2, 0.25) is 0 Å². The minimum Gasteiger partial charge on any atom is -0.355 e. The minimum absolute atomic E-state index is 0.239. The molecular weight excluding hydrogens is 366 g/mol. The number of aromatic nitrogens is 1. The third-order valence-corrected chi connectivity index (χ3v) is 3.91. The van der Waals surface area contributed by atoms with Gasteiger partial charge in [0.05, 0.1) is 0 Å². The van der Waals surface area contributed by atoms with Gasteiger partial charge in [0.1, 0.15) is 5.69 Å². The monoisotopic (exact) mass is 381 g/mol. The Morgan fingerprint density at radius 3 is 2.46 bits per heavy atom. The van der Waals surface area contributed by atoms with Crippen LogP contribution in [0.1, 0.15) is 16.1 Å². The number of hydrogen-bond acceptors (Lipinski definition) is 3. The molecule has 0 aliphatic heterocycles. The van der Waals surface area contributed by atoms with E-state index >= 15 is 0 Å². The molecule has 3 rings (SSSR count). The molecule has 2 N–H and O–H groups in total. The Bertz CT molecular complexity index is 862. The summed E-state index contributed by atoms with van der Waals surface area (Å²) in [4.78, 5) is 16.5. The number of carbonyl (C=O) groups excluding carboxylic acids is 1. The molecule has 0 aliphatic carbocycles. The molecule has 120 valence electrons. The number of nitrogens with one attached hydrogen (secondary N) is 2. The van der Waals surface area contributed by atoms with Crippen molar-refractivity contribution in [3.63, 3.8) is 0 Å². The lowest BCUT2D eigenvalue weighted by molar-refractivity contribution is 0.102. The van der Waals surface area contributed by atoms with Gasteiger partial charge in [-0.15, -0.1) is 0 Å². The molecule has 4 nitrogen and oxygen atoms in total. The second-order valence-corrected chi connectivity index (χ2v) is 6.30. The van der Waals surface area contributed by atoms with E-state index in [0.29, 0.717) is 5.69 Å². The number of halogens is 1. The number of amides is 1. The van der Waals surface area contributed by atoms with Crippen LogP contribution in [0.2, 0.25) is 0 Å². The molecule has 24 heavy (non-hydrogen) atoms. The van der Waals surface area contributed by atoms with Gasteiger partial charge < -0.3 is 10.6 Å². The average molecular weight is 382 g/mol. The van der Waals surface area contributed by atoms with Crippen LogP contribution in [-0.2, 0) is 0 Å². The third-order valence-electron chi connectivity index (χ3n) is 3.42. The molecule has 1 amide bonds. The smallest absolute Gasteiger partial charge is 0.274 e. The molecule has 2 aromatic carbocycles. The SMILES string of the molecule is Cc1ccc(NC(=O)c2cc(Nc3cccc(Br)c3)ccn2)cc1. The average Bonchev–Trinajstić information content (AvgIpc) is 2.57. The van der Waals surface area contributed by atoms with Crippen LogP contribution < -0.4 is 10.6 Å². The van der Waals surface area contributed by atoms with Crippen LogP contribution in [0.25, 0.3) is 0 Å². The number of pyridine rings is 1. The molecule has 0 spiro atoms. The van der Waals surface area contributed by atoms with Gasteiger partial charge in [0, 0.05) is 27.7 Å². The van der Waals surface area contributed by atoms with Gasteiger partial charge in [-0.2, -0.15) is 0 Å². The number of rotatable bonds is 4. The number of benzene rings is 2. The quantitative estimate of drug-likeness (QED) is 0.656. The van der Waals surface area contributed by atoms with Crippen molar-refractivity contribution in [2.75, 3.05) is 10.6 Å². The molecule has 0 saturated carbocycles. The first-order chi connectivity index (χ1) is 11.6. The van der Waals surface area contributed by atoms with Crippen LogP contribution in [0.5, 0.6) is 0 Å². The van der Waals surface area contributed by atoms with Crippen LogP contribution in [-0.4, -0.2) is 10.9 Å². The predicted octanol–water partition coefficient (Wildman–Crippen LogP) is 5.15. The molecule has 3 aromatic rings. The molecule has 1 heterocycles. The van der Waals surface area contributed by atoms with Gasteiger partial charge in [-0.3, -0.25) is 9.78 Å². The van der Waals surface area contributed by atoms with Crippen molar-refractivity contribution in [3.05, 3.63) is 82.6 Å². The maximum absolute atomic E-state index is 12.3. The third kappa shape index (κ3) is 4.20. The number of hydrogen-bond donors (Lipinski definition) is 2. The number of aryl methyl sites for hydroxylation is 1. The lowest BCUT2D eigenvalue weighted by atomic mass is 10.2. The molecule has 0 bridgehead atoms. The molecule has 0 fully saturated rings. The van der Waals surface area contributed by atoms with Crippen molar-refractivity contribution in [1.82, 2.24) is 4.98 Å². The van der Waals surface area contributed by atoms with Crippen molar-refractivity contribution in [2.24, 2.45) is 0 Å². The van der Waals surface area contributed by atoms with E-state index in [2.05, 4.69) is 31.5 Å². The van der Waals surface area contributed by atoms with E-state index < -0.39 is 0 Å². The molecule has 0 radical (unpaired) electrons. The predicted molar refractivity (Wildman–Crippen MR) is 101 cm³/mol. The maximum Gasteiger partial charge on any atom is 0.274 e. The topological polar surface area (TPSA) is 54.0 Å². The first kappa shape index (κ1) is 16.2. The zero-order valence-electron chi connectivity index (χ0n) is 13.1. The van der Waals surface area contributed by atoms with Crippen molar-refractivity contribution in [2.45, 2.75) is 6.92 Å². The molecule has 0 aliphatic rings. The van der Waals surface area contributed by atoms with Gasteiger partial charge in [-0.25, -0.2) is 0 Å². The second-order valence-electron chi connectivity index (χ2n) is 5.39. The van der Waals surface area contributed by atoms with Crippen LogP contribution in [0, 0.1) is 6.92 Å². The van der Waals surface area contributed by atoms with E-state index in [9.17, 15) is 4.79 Å². The van der Waals surface area contributed by atoms with Gasteiger partial charge in [0.15, 0.2) is 0 Å². The first-order valence-electron chi connectivity index (χ1n) is 7.47. The van der Waals surface area contributed by atoms with Gasteiger partial charge in [0.25, 0.3) is 5.91 Å². The minimum atomic E-state index is -0.239. The lowest BCUT2D eigenvalue weighted by Crippen LogP contribution is -2.13. The lowest BCUT2D eigenvalue weighted by Gasteiger charge is -2.09. The van der Waals surface area contributed by atoms with E-state index in [-0.39, 0.29) is 5.91 Å². The Labute approximate surface area is 149 Å². The summed E-state index contributed by atoms with van der Waals surface area (Å²) in [6, 6.07) is 19.0. The number of nitrogens with zero attached hydrogens (tertiary/aromatic N) is 1. The van der Waals surface area contributed by atoms with Crippen molar-refractivity contribution >= 4 is 38.9 Å². The fraction of sp³-hybridized carbons (Fsp3) is 0.0526. The summed E-state index contributed by atoms with van der Waals surface area (Å²) in [5.41, 5.74) is 3.98. The summed E-state index contributed by atoms with van der Waals surface area (Å²) in [7, 11) is 0. The van der Waals surface area contributed by atoms with Gasteiger partial charge >= 0.3 is 0 Å². The van der Waals surface area contributed by atoms with E-state index in [0.717, 1.165) is 27.1 Å². The normalized spacial score (nSPS) is 10.2. The van der Waals surface area contributed by atoms with Gasteiger partial charge in [-0.05, 0) is 49.4 Å². The van der Waals surface area contributed by atoms with Gasteiger partial charge in [-0.1, -0.05) is 39.7 Å². The van der Waals surface area contributed by atoms with E-state index in [1.165, 1.54) is 0 Å².